The van der Waals surface area contributed by atoms with E-state index in [2.05, 4.69) is 46.8 Å². The van der Waals surface area contributed by atoms with Crippen LogP contribution in [0.5, 0.6) is 0 Å². The van der Waals surface area contributed by atoms with Gasteiger partial charge >= 0.3 is 0 Å². The summed E-state index contributed by atoms with van der Waals surface area (Å²) >= 11 is 2.01. The van der Waals surface area contributed by atoms with Crippen molar-refractivity contribution in [3.63, 3.8) is 0 Å². The number of hydrogen-bond donors (Lipinski definition) is 0. The van der Waals surface area contributed by atoms with Crippen LogP contribution in [0.2, 0.25) is 0 Å². The van der Waals surface area contributed by atoms with Crippen molar-refractivity contribution < 1.29 is 0 Å². The molecule has 14 heavy (non-hydrogen) atoms. The Morgan fingerprint density at radius 2 is 1.79 bits per heavy atom. The molecule has 0 saturated carbocycles. The van der Waals surface area contributed by atoms with E-state index in [0.717, 1.165) is 5.25 Å². The summed E-state index contributed by atoms with van der Waals surface area (Å²) in [5.41, 5.74) is 2.95. The molecule has 0 amide bonds. The molecular formula is C13H24S. The lowest BCUT2D eigenvalue weighted by atomic mass is 10.1. The Labute approximate surface area is 93.9 Å². The molecule has 0 N–H and O–H groups in total. The Morgan fingerprint density at radius 3 is 2.29 bits per heavy atom. The van der Waals surface area contributed by atoms with Gasteiger partial charge < -0.3 is 0 Å². The maximum atomic E-state index is 2.36. The Balaban J connectivity index is 3.62. The first kappa shape index (κ1) is 13.8. The molecule has 0 aliphatic rings. The van der Waals surface area contributed by atoms with E-state index in [1.807, 2.05) is 11.8 Å². The molecule has 0 fully saturated rings. The van der Waals surface area contributed by atoms with E-state index in [-0.39, 0.29) is 0 Å². The monoisotopic (exact) mass is 212 g/mol. The minimum Gasteiger partial charge on any atom is -0.155 e. The van der Waals surface area contributed by atoms with Gasteiger partial charge in [0.1, 0.15) is 0 Å². The van der Waals surface area contributed by atoms with Crippen molar-refractivity contribution in [2.24, 2.45) is 0 Å². The van der Waals surface area contributed by atoms with E-state index >= 15 is 0 Å². The molecular weight excluding hydrogens is 188 g/mol. The van der Waals surface area contributed by atoms with E-state index in [0.29, 0.717) is 0 Å². The first-order valence-electron chi connectivity index (χ1n) is 5.43. The molecule has 0 bridgehead atoms. The fourth-order valence-electron chi connectivity index (χ4n) is 1.07. The van der Waals surface area contributed by atoms with Crippen LogP contribution in [0.15, 0.2) is 23.3 Å². The maximum absolute atomic E-state index is 2.36. The Bertz CT molecular complexity index is 195. The normalized spacial score (nSPS) is 12.0. The molecule has 0 spiro atoms. The van der Waals surface area contributed by atoms with Crippen LogP contribution < -0.4 is 0 Å². The molecule has 0 radical (unpaired) electrons. The van der Waals surface area contributed by atoms with Crippen LogP contribution in [-0.2, 0) is 0 Å². The zero-order valence-corrected chi connectivity index (χ0v) is 11.1. The van der Waals surface area contributed by atoms with Crippen LogP contribution >= 0.6 is 11.8 Å². The maximum Gasteiger partial charge on any atom is 0.0118 e. The third-order valence-electron chi connectivity index (χ3n) is 1.95. The zero-order chi connectivity index (χ0) is 11.0. The van der Waals surface area contributed by atoms with Crippen molar-refractivity contribution in [3.8, 4) is 0 Å². The summed E-state index contributed by atoms with van der Waals surface area (Å²) in [5.74, 6) is 1.17. The number of hydrogen-bond acceptors (Lipinski definition) is 1. The van der Waals surface area contributed by atoms with Crippen molar-refractivity contribution in [3.05, 3.63) is 23.3 Å². The summed E-state index contributed by atoms with van der Waals surface area (Å²) in [7, 11) is 0. The Kier molecular flexibility index (Phi) is 8.07. The van der Waals surface area contributed by atoms with Gasteiger partial charge in [0.2, 0.25) is 0 Å². The highest BCUT2D eigenvalue weighted by atomic mass is 32.2. The van der Waals surface area contributed by atoms with Gasteiger partial charge in [0.25, 0.3) is 0 Å². The van der Waals surface area contributed by atoms with E-state index in [1.54, 1.807) is 0 Å². The molecule has 0 nitrogen and oxygen atoms in total. The number of thioether (sulfide) groups is 1. The number of rotatable bonds is 6. The minimum atomic E-state index is 0.747. The van der Waals surface area contributed by atoms with Gasteiger partial charge in [-0.25, -0.2) is 0 Å². The highest BCUT2D eigenvalue weighted by molar-refractivity contribution is 8.00. The van der Waals surface area contributed by atoms with Gasteiger partial charge in [-0.1, -0.05) is 37.1 Å². The van der Waals surface area contributed by atoms with Crippen LogP contribution in [0.1, 0.15) is 47.5 Å². The van der Waals surface area contributed by atoms with Gasteiger partial charge in [-0.3, -0.25) is 0 Å². The van der Waals surface area contributed by atoms with Crippen LogP contribution in [-0.4, -0.2) is 11.0 Å². The second kappa shape index (κ2) is 8.16. The lowest BCUT2D eigenvalue weighted by Crippen LogP contribution is -1.88. The van der Waals surface area contributed by atoms with E-state index in [1.165, 1.54) is 29.7 Å². The molecule has 0 heterocycles. The van der Waals surface area contributed by atoms with Crippen LogP contribution in [0.25, 0.3) is 0 Å². The molecule has 0 atom stereocenters. The summed E-state index contributed by atoms with van der Waals surface area (Å²) in [6, 6.07) is 0. The van der Waals surface area contributed by atoms with E-state index < -0.39 is 0 Å². The first-order valence-corrected chi connectivity index (χ1v) is 6.48. The van der Waals surface area contributed by atoms with Crippen molar-refractivity contribution in [1.82, 2.24) is 0 Å². The molecule has 0 aromatic rings. The SMILES string of the molecule is CC(C)=CCC/C(C)=C/CSC(C)C. The highest BCUT2D eigenvalue weighted by Gasteiger charge is 1.92. The molecule has 0 aromatic heterocycles. The smallest absolute Gasteiger partial charge is 0.0118 e. The average Bonchev–Trinajstić information content (AvgIpc) is 2.02. The molecule has 0 unspecified atom stereocenters. The molecule has 0 saturated heterocycles. The van der Waals surface area contributed by atoms with E-state index in [9.17, 15) is 0 Å². The van der Waals surface area contributed by atoms with Crippen molar-refractivity contribution in [2.45, 2.75) is 52.7 Å². The van der Waals surface area contributed by atoms with Crippen LogP contribution in [0, 0.1) is 0 Å². The van der Waals surface area contributed by atoms with Crippen molar-refractivity contribution in [1.29, 1.82) is 0 Å². The fraction of sp³-hybridized carbons (Fsp3) is 0.692. The van der Waals surface area contributed by atoms with Crippen LogP contribution in [0.3, 0.4) is 0 Å². The second-order valence-corrected chi connectivity index (χ2v) is 5.86. The van der Waals surface area contributed by atoms with Crippen LogP contribution in [0.4, 0.5) is 0 Å². The predicted molar refractivity (Wildman–Crippen MR) is 70.0 cm³/mol. The summed E-state index contributed by atoms with van der Waals surface area (Å²) in [5, 5.41) is 0.747. The summed E-state index contributed by atoms with van der Waals surface area (Å²) in [6.07, 6.45) is 7.08. The van der Waals surface area contributed by atoms with Gasteiger partial charge in [0.05, 0.1) is 0 Å². The molecule has 0 aromatic carbocycles. The Hall–Kier alpha value is -0.170. The molecule has 0 rings (SSSR count). The fourth-order valence-corrected chi connectivity index (χ4v) is 1.84. The average molecular weight is 212 g/mol. The zero-order valence-electron chi connectivity index (χ0n) is 10.3. The van der Waals surface area contributed by atoms with E-state index in [4.69, 9.17) is 0 Å². The third-order valence-corrected chi connectivity index (χ3v) is 2.98. The van der Waals surface area contributed by atoms with Gasteiger partial charge in [0.15, 0.2) is 0 Å². The van der Waals surface area contributed by atoms with Gasteiger partial charge in [-0.2, -0.15) is 11.8 Å². The van der Waals surface area contributed by atoms with Gasteiger partial charge in [0, 0.05) is 5.75 Å². The lowest BCUT2D eigenvalue weighted by molar-refractivity contribution is 0.964. The highest BCUT2D eigenvalue weighted by Crippen LogP contribution is 2.12. The van der Waals surface area contributed by atoms with Crippen molar-refractivity contribution in [2.75, 3.05) is 5.75 Å². The summed E-state index contributed by atoms with van der Waals surface area (Å²) < 4.78 is 0. The molecule has 0 aliphatic heterocycles. The number of allylic oxidation sites excluding steroid dienone is 3. The Morgan fingerprint density at radius 1 is 1.14 bits per heavy atom. The molecule has 0 aliphatic carbocycles. The molecule has 1 heteroatoms. The third kappa shape index (κ3) is 9.91. The first-order chi connectivity index (χ1) is 6.52. The summed E-state index contributed by atoms with van der Waals surface area (Å²) in [6.45, 7) is 11.1. The standard InChI is InChI=1S/C13H24S/c1-11(2)7-6-8-13(5)9-10-14-12(3)4/h7,9,12H,6,8,10H2,1-5H3/b13-9+. The van der Waals surface area contributed by atoms with Gasteiger partial charge in [-0.05, 0) is 38.9 Å². The van der Waals surface area contributed by atoms with Crippen molar-refractivity contribution >= 4 is 11.8 Å². The van der Waals surface area contributed by atoms with Gasteiger partial charge in [-0.15, -0.1) is 0 Å². The summed E-state index contributed by atoms with van der Waals surface area (Å²) in [4.78, 5) is 0. The predicted octanol–water partition coefficient (Wildman–Crippen LogP) is 4.82. The minimum absolute atomic E-state index is 0.747. The second-order valence-electron chi connectivity index (χ2n) is 4.25. The largest absolute Gasteiger partial charge is 0.155 e. The lowest BCUT2D eigenvalue weighted by Gasteiger charge is -2.02. The topological polar surface area (TPSA) is 0 Å². The quantitative estimate of drug-likeness (QED) is 0.569. The molecule has 82 valence electrons.